The van der Waals surface area contributed by atoms with Gasteiger partial charge in [-0.05, 0) is 27.7 Å². The number of rotatable bonds is 1. The Hall–Kier alpha value is -0.650. The van der Waals surface area contributed by atoms with E-state index in [1.54, 1.807) is 27.7 Å². The molecule has 1 aliphatic rings. The highest BCUT2D eigenvalue weighted by molar-refractivity contribution is 5.77. The lowest BCUT2D eigenvalue weighted by Gasteiger charge is -2.61. The van der Waals surface area contributed by atoms with E-state index in [-0.39, 0.29) is 12.8 Å². The molecule has 1 heterocycles. The quantitative estimate of drug-likeness (QED) is 0.681. The summed E-state index contributed by atoms with van der Waals surface area (Å²) in [6.07, 6.45) is -0.107. The van der Waals surface area contributed by atoms with Crippen LogP contribution < -0.4 is 0 Å². The van der Waals surface area contributed by atoms with Crippen molar-refractivity contribution in [3.63, 3.8) is 0 Å². The van der Waals surface area contributed by atoms with Crippen molar-refractivity contribution in [2.75, 3.05) is 0 Å². The summed E-state index contributed by atoms with van der Waals surface area (Å²) < 4.78 is 0. The largest absolute Gasteiger partial charge is 0.784 e. The van der Waals surface area contributed by atoms with Crippen molar-refractivity contribution in [3.8, 4) is 0 Å². The van der Waals surface area contributed by atoms with Crippen LogP contribution in [0.5, 0.6) is 0 Å². The van der Waals surface area contributed by atoms with Crippen LogP contribution in [0.3, 0.4) is 0 Å². The van der Waals surface area contributed by atoms with Gasteiger partial charge < -0.3 is 20.5 Å². The van der Waals surface area contributed by atoms with E-state index in [0.717, 1.165) is 5.06 Å². The molecular formula is C10H18NO4-. The number of aliphatic carboxylic acids is 1. The van der Waals surface area contributed by atoms with Crippen molar-refractivity contribution in [1.82, 2.24) is 5.06 Å². The fourth-order valence-corrected chi connectivity index (χ4v) is 2.61. The van der Waals surface area contributed by atoms with Gasteiger partial charge in [0.05, 0.1) is 0 Å². The number of piperidine rings is 1. The summed E-state index contributed by atoms with van der Waals surface area (Å²) in [5, 5.41) is 31.7. The van der Waals surface area contributed by atoms with Crippen molar-refractivity contribution < 1.29 is 15.0 Å². The Morgan fingerprint density at radius 2 is 1.53 bits per heavy atom. The zero-order valence-electron chi connectivity index (χ0n) is 9.57. The summed E-state index contributed by atoms with van der Waals surface area (Å²) >= 11 is 0. The highest BCUT2D eigenvalue weighted by Crippen LogP contribution is 2.42. The second kappa shape index (κ2) is 3.17. The van der Waals surface area contributed by atoms with Gasteiger partial charge in [-0.3, -0.25) is 0 Å². The van der Waals surface area contributed by atoms with Crippen LogP contribution in [0.4, 0.5) is 0 Å². The molecule has 0 atom stereocenters. The van der Waals surface area contributed by atoms with Crippen LogP contribution in [0.15, 0.2) is 0 Å². The highest BCUT2D eigenvalue weighted by Gasteiger charge is 2.51. The fourth-order valence-electron chi connectivity index (χ4n) is 2.61. The molecule has 0 unspecified atom stereocenters. The Balaban J connectivity index is 3.09. The Kier molecular flexibility index (Phi) is 2.62. The third-order valence-electron chi connectivity index (χ3n) is 2.95. The molecule has 1 saturated heterocycles. The summed E-state index contributed by atoms with van der Waals surface area (Å²) in [6.45, 7) is 6.59. The monoisotopic (exact) mass is 216 g/mol. The van der Waals surface area contributed by atoms with E-state index in [1.807, 2.05) is 0 Å². The molecular weight excluding hydrogens is 198 g/mol. The zero-order valence-corrected chi connectivity index (χ0v) is 9.57. The van der Waals surface area contributed by atoms with Gasteiger partial charge in [-0.2, -0.15) is 0 Å². The molecule has 0 spiro atoms. The minimum absolute atomic E-state index is 0.0533. The van der Waals surface area contributed by atoms with E-state index in [4.69, 9.17) is 5.11 Å². The van der Waals surface area contributed by atoms with Gasteiger partial charge in [-0.25, -0.2) is 4.79 Å². The Bertz CT molecular complexity index is 267. The second-order valence-corrected chi connectivity index (χ2v) is 5.61. The molecule has 0 aliphatic carbocycles. The molecule has 1 rings (SSSR count). The molecule has 0 bridgehead atoms. The van der Waals surface area contributed by atoms with E-state index in [2.05, 4.69) is 0 Å². The van der Waals surface area contributed by atoms with Crippen LogP contribution >= 0.6 is 0 Å². The van der Waals surface area contributed by atoms with E-state index >= 15 is 0 Å². The van der Waals surface area contributed by atoms with Gasteiger partial charge >= 0.3 is 5.97 Å². The highest BCUT2D eigenvalue weighted by atomic mass is 16.5. The number of carboxylic acids is 1. The van der Waals surface area contributed by atoms with Crippen LogP contribution in [0.2, 0.25) is 0 Å². The molecule has 0 radical (unpaired) electrons. The first-order valence-corrected chi connectivity index (χ1v) is 4.95. The van der Waals surface area contributed by atoms with E-state index in [9.17, 15) is 15.1 Å². The smallest absolute Gasteiger partial charge is 0.335 e. The van der Waals surface area contributed by atoms with Gasteiger partial charge in [-0.15, -0.1) is 0 Å². The predicted octanol–water partition coefficient (Wildman–Crippen LogP) is 0.953. The molecule has 1 aliphatic heterocycles. The molecule has 5 heteroatoms. The standard InChI is InChI=1S/C10H18NO4/c1-8(2)5-10(14,7(12)13)6-9(3,4)11(8)15/h14H,5-6H2,1-4H3,(H,12,13)/q-1. The van der Waals surface area contributed by atoms with Crippen molar-refractivity contribution in [2.45, 2.75) is 57.2 Å². The lowest BCUT2D eigenvalue weighted by atomic mass is 9.72. The average Bonchev–Trinajstić information content (AvgIpc) is 1.98. The van der Waals surface area contributed by atoms with Crippen LogP contribution in [0.25, 0.3) is 0 Å². The molecule has 0 amide bonds. The van der Waals surface area contributed by atoms with Crippen LogP contribution in [-0.4, -0.2) is 37.9 Å². The molecule has 0 saturated carbocycles. The minimum atomic E-state index is -1.80. The summed E-state index contributed by atoms with van der Waals surface area (Å²) in [5.74, 6) is -1.25. The van der Waals surface area contributed by atoms with Crippen LogP contribution in [-0.2, 0) is 4.79 Å². The summed E-state index contributed by atoms with van der Waals surface area (Å²) in [5.41, 5.74) is -3.53. The summed E-state index contributed by atoms with van der Waals surface area (Å²) in [7, 11) is 0. The number of carboxylic acid groups (broad SMARTS) is 1. The first-order chi connectivity index (χ1) is 6.51. The molecule has 2 N–H and O–H groups in total. The van der Waals surface area contributed by atoms with E-state index in [1.165, 1.54) is 0 Å². The molecule has 15 heavy (non-hydrogen) atoms. The number of aliphatic hydroxyl groups is 1. The van der Waals surface area contributed by atoms with E-state index < -0.39 is 22.6 Å². The molecule has 0 aromatic rings. The second-order valence-electron chi connectivity index (χ2n) is 5.61. The van der Waals surface area contributed by atoms with Gasteiger partial charge in [0.15, 0.2) is 5.60 Å². The lowest BCUT2D eigenvalue weighted by Crippen LogP contribution is -2.65. The zero-order chi connectivity index (χ0) is 12.1. The molecule has 88 valence electrons. The Labute approximate surface area is 89.3 Å². The maximum Gasteiger partial charge on any atom is 0.335 e. The van der Waals surface area contributed by atoms with Gasteiger partial charge in [0.2, 0.25) is 0 Å². The Morgan fingerprint density at radius 1 is 1.20 bits per heavy atom. The van der Waals surface area contributed by atoms with Crippen LogP contribution in [0.1, 0.15) is 40.5 Å². The molecule has 0 aromatic carbocycles. The normalized spacial score (nSPS) is 28.7. The van der Waals surface area contributed by atoms with Crippen molar-refractivity contribution >= 4 is 5.97 Å². The van der Waals surface area contributed by atoms with Gasteiger partial charge in [0, 0.05) is 23.9 Å². The fraction of sp³-hybridized carbons (Fsp3) is 0.900. The maximum absolute atomic E-state index is 11.9. The molecule has 5 nitrogen and oxygen atoms in total. The van der Waals surface area contributed by atoms with Gasteiger partial charge in [0.25, 0.3) is 0 Å². The maximum atomic E-state index is 11.9. The SMILES string of the molecule is CC1(C)CC(O)(C(=O)O)CC(C)(C)N1[O-]. The number of nitrogens with zero attached hydrogens (tertiary/aromatic N) is 1. The third kappa shape index (κ3) is 2.00. The topological polar surface area (TPSA) is 83.8 Å². The van der Waals surface area contributed by atoms with Crippen LogP contribution in [0, 0.1) is 5.21 Å². The Morgan fingerprint density at radius 3 is 1.80 bits per heavy atom. The average molecular weight is 216 g/mol. The number of hydroxylamine groups is 2. The van der Waals surface area contributed by atoms with Crippen molar-refractivity contribution in [2.24, 2.45) is 0 Å². The molecule has 1 fully saturated rings. The summed E-state index contributed by atoms with van der Waals surface area (Å²) in [6, 6.07) is 0. The number of hydrogen-bond acceptors (Lipinski definition) is 4. The number of carbonyl (C=O) groups is 1. The van der Waals surface area contributed by atoms with Crippen molar-refractivity contribution in [1.29, 1.82) is 0 Å². The summed E-state index contributed by atoms with van der Waals surface area (Å²) in [4.78, 5) is 11.0. The first-order valence-electron chi connectivity index (χ1n) is 4.95. The third-order valence-corrected chi connectivity index (χ3v) is 2.95. The minimum Gasteiger partial charge on any atom is -0.784 e. The van der Waals surface area contributed by atoms with E-state index in [0.29, 0.717) is 0 Å². The first kappa shape index (κ1) is 12.4. The lowest BCUT2D eigenvalue weighted by molar-refractivity contribution is -0.178. The molecule has 0 aromatic heterocycles. The van der Waals surface area contributed by atoms with Gasteiger partial charge in [-0.1, -0.05) is 0 Å². The van der Waals surface area contributed by atoms with Gasteiger partial charge in [0.1, 0.15) is 0 Å². The predicted molar refractivity (Wildman–Crippen MR) is 55.2 cm³/mol. The number of hydrogen-bond donors (Lipinski definition) is 2. The van der Waals surface area contributed by atoms with Crippen molar-refractivity contribution in [3.05, 3.63) is 5.21 Å².